The standard InChI is InChI=1S/C18H20ClN6OP/c1-27(2,26)16-6-4-3-5-15(16)24-17-12(19)10-22-18(25-17)23-11-7-8-13(20)14(21)9-11/h3-10H,20-21H2,1-2H3,(H2,22,23,24,25). The van der Waals surface area contributed by atoms with Crippen LogP contribution >= 0.6 is 18.7 Å². The van der Waals surface area contributed by atoms with E-state index in [0.29, 0.717) is 39.5 Å². The first-order valence-corrected chi connectivity index (χ1v) is 11.1. The third-order valence-corrected chi connectivity index (χ3v) is 5.65. The second-order valence-corrected chi connectivity index (χ2v) is 9.94. The van der Waals surface area contributed by atoms with E-state index in [2.05, 4.69) is 20.6 Å². The molecule has 0 radical (unpaired) electrons. The van der Waals surface area contributed by atoms with Crippen molar-refractivity contribution < 1.29 is 4.57 Å². The number of rotatable bonds is 5. The zero-order valence-corrected chi connectivity index (χ0v) is 16.6. The summed E-state index contributed by atoms with van der Waals surface area (Å²) >= 11 is 6.24. The molecule has 2 aromatic carbocycles. The van der Waals surface area contributed by atoms with E-state index in [4.69, 9.17) is 23.1 Å². The number of nitrogens with zero attached hydrogens (tertiary/aromatic N) is 2. The Morgan fingerprint density at radius 1 is 1.04 bits per heavy atom. The molecule has 7 nitrogen and oxygen atoms in total. The number of nitrogen functional groups attached to an aromatic ring is 2. The van der Waals surface area contributed by atoms with Gasteiger partial charge in [-0.1, -0.05) is 23.7 Å². The molecule has 3 aromatic rings. The summed E-state index contributed by atoms with van der Waals surface area (Å²) < 4.78 is 12.5. The molecular weight excluding hydrogens is 383 g/mol. The molecule has 0 bridgehead atoms. The van der Waals surface area contributed by atoms with Crippen LogP contribution in [0.15, 0.2) is 48.7 Å². The van der Waals surface area contributed by atoms with Gasteiger partial charge in [0.15, 0.2) is 5.82 Å². The van der Waals surface area contributed by atoms with Crippen LogP contribution in [0.2, 0.25) is 5.02 Å². The van der Waals surface area contributed by atoms with Gasteiger partial charge in [0, 0.05) is 11.0 Å². The lowest BCUT2D eigenvalue weighted by Gasteiger charge is -2.16. The van der Waals surface area contributed by atoms with Crippen LogP contribution in [-0.4, -0.2) is 23.3 Å². The van der Waals surface area contributed by atoms with E-state index in [-0.39, 0.29) is 0 Å². The van der Waals surface area contributed by atoms with Crippen molar-refractivity contribution in [3.05, 3.63) is 53.7 Å². The summed E-state index contributed by atoms with van der Waals surface area (Å²) in [6.07, 6.45) is 1.49. The third-order valence-electron chi connectivity index (χ3n) is 3.82. The molecule has 0 aliphatic carbocycles. The van der Waals surface area contributed by atoms with Crippen LogP contribution in [0.5, 0.6) is 0 Å². The molecule has 0 saturated carbocycles. The maximum absolute atomic E-state index is 12.5. The molecule has 0 aliphatic heterocycles. The number of halogens is 1. The molecule has 0 atom stereocenters. The largest absolute Gasteiger partial charge is 0.397 e. The predicted octanol–water partition coefficient (Wildman–Crippen LogP) is 4.03. The van der Waals surface area contributed by atoms with Crippen LogP contribution in [0, 0.1) is 0 Å². The third kappa shape index (κ3) is 4.51. The highest BCUT2D eigenvalue weighted by Crippen LogP contribution is 2.38. The van der Waals surface area contributed by atoms with Gasteiger partial charge < -0.3 is 26.7 Å². The molecule has 0 unspecified atom stereocenters. The smallest absolute Gasteiger partial charge is 0.229 e. The molecule has 9 heteroatoms. The van der Waals surface area contributed by atoms with Gasteiger partial charge in [0.25, 0.3) is 0 Å². The van der Waals surface area contributed by atoms with Crippen LogP contribution in [0.3, 0.4) is 0 Å². The quantitative estimate of drug-likeness (QED) is 0.375. The maximum atomic E-state index is 12.5. The van der Waals surface area contributed by atoms with Crippen LogP contribution < -0.4 is 27.4 Å². The van der Waals surface area contributed by atoms with Gasteiger partial charge in [0.2, 0.25) is 5.95 Å². The molecule has 3 rings (SSSR count). The molecule has 0 aliphatic rings. The second-order valence-electron chi connectivity index (χ2n) is 6.35. The lowest BCUT2D eigenvalue weighted by atomic mass is 10.2. The SMILES string of the molecule is CP(C)(=O)c1ccccc1Nc1nc(Nc2ccc(N)c(N)c2)ncc1Cl. The van der Waals surface area contributed by atoms with E-state index in [1.807, 2.05) is 24.3 Å². The van der Waals surface area contributed by atoms with Gasteiger partial charge in [-0.3, -0.25) is 0 Å². The van der Waals surface area contributed by atoms with Gasteiger partial charge in [0.05, 0.1) is 23.3 Å². The van der Waals surface area contributed by atoms with Crippen molar-refractivity contribution in [2.24, 2.45) is 0 Å². The monoisotopic (exact) mass is 402 g/mol. The first-order valence-electron chi connectivity index (χ1n) is 8.10. The van der Waals surface area contributed by atoms with Crippen molar-refractivity contribution in [2.45, 2.75) is 0 Å². The zero-order valence-electron chi connectivity index (χ0n) is 14.9. The molecule has 1 aromatic heterocycles. The Morgan fingerprint density at radius 2 is 1.78 bits per heavy atom. The zero-order chi connectivity index (χ0) is 19.6. The number of benzene rings is 2. The van der Waals surface area contributed by atoms with E-state index in [1.165, 1.54) is 6.20 Å². The van der Waals surface area contributed by atoms with E-state index < -0.39 is 7.14 Å². The minimum Gasteiger partial charge on any atom is -0.397 e. The van der Waals surface area contributed by atoms with Crippen molar-refractivity contribution in [2.75, 3.05) is 35.4 Å². The summed E-state index contributed by atoms with van der Waals surface area (Å²) in [6.45, 7) is 3.43. The molecular formula is C18H20ClN6OP. The van der Waals surface area contributed by atoms with Gasteiger partial charge in [-0.05, 0) is 43.7 Å². The van der Waals surface area contributed by atoms with Gasteiger partial charge >= 0.3 is 0 Å². The minimum absolute atomic E-state index is 0.333. The fourth-order valence-electron chi connectivity index (χ4n) is 2.47. The summed E-state index contributed by atoms with van der Waals surface area (Å²) in [4.78, 5) is 8.59. The summed E-state index contributed by atoms with van der Waals surface area (Å²) in [6, 6.07) is 12.5. The van der Waals surface area contributed by atoms with Crippen molar-refractivity contribution in [1.82, 2.24) is 9.97 Å². The summed E-state index contributed by atoms with van der Waals surface area (Å²) in [5.41, 5.74) is 13.9. The Morgan fingerprint density at radius 3 is 2.48 bits per heavy atom. The Bertz CT molecular complexity index is 1040. The van der Waals surface area contributed by atoms with E-state index in [0.717, 1.165) is 5.30 Å². The molecule has 140 valence electrons. The van der Waals surface area contributed by atoms with Crippen LogP contribution in [-0.2, 0) is 4.57 Å². The normalized spacial score (nSPS) is 11.2. The van der Waals surface area contributed by atoms with Crippen molar-refractivity contribution >= 4 is 58.6 Å². The second kappa shape index (κ2) is 7.47. The summed E-state index contributed by atoms with van der Waals surface area (Å²) in [5, 5.41) is 7.28. The van der Waals surface area contributed by atoms with Crippen molar-refractivity contribution in [1.29, 1.82) is 0 Å². The number of nitrogens with one attached hydrogen (secondary N) is 2. The van der Waals surface area contributed by atoms with Crippen LogP contribution in [0.1, 0.15) is 0 Å². The predicted molar refractivity (Wildman–Crippen MR) is 114 cm³/mol. The van der Waals surface area contributed by atoms with Gasteiger partial charge in [-0.2, -0.15) is 4.98 Å². The lowest BCUT2D eigenvalue weighted by Crippen LogP contribution is -2.11. The van der Waals surface area contributed by atoms with E-state index in [9.17, 15) is 4.57 Å². The van der Waals surface area contributed by atoms with E-state index >= 15 is 0 Å². The molecule has 27 heavy (non-hydrogen) atoms. The van der Waals surface area contributed by atoms with Crippen LogP contribution in [0.25, 0.3) is 0 Å². The van der Waals surface area contributed by atoms with E-state index in [1.54, 1.807) is 31.5 Å². The molecule has 0 spiro atoms. The fraction of sp³-hybridized carbons (Fsp3) is 0.111. The molecule has 6 N–H and O–H groups in total. The Balaban J connectivity index is 1.91. The molecule has 0 amide bonds. The van der Waals surface area contributed by atoms with Crippen molar-refractivity contribution in [3.8, 4) is 0 Å². The Labute approximate surface area is 162 Å². The first-order chi connectivity index (χ1) is 12.7. The van der Waals surface area contributed by atoms with Gasteiger partial charge in [-0.25, -0.2) is 4.98 Å². The van der Waals surface area contributed by atoms with Gasteiger partial charge in [-0.15, -0.1) is 0 Å². The fourth-order valence-corrected chi connectivity index (χ4v) is 3.77. The number of hydrogen-bond acceptors (Lipinski definition) is 7. The topological polar surface area (TPSA) is 119 Å². The summed E-state index contributed by atoms with van der Waals surface area (Å²) in [7, 11) is -2.48. The highest BCUT2D eigenvalue weighted by atomic mass is 35.5. The number of anilines is 6. The highest BCUT2D eigenvalue weighted by Gasteiger charge is 2.17. The minimum atomic E-state index is -2.48. The number of nitrogens with two attached hydrogens (primary N) is 2. The first kappa shape index (κ1) is 19.0. The Hall–Kier alpha value is -2.76. The average Bonchev–Trinajstić information content (AvgIpc) is 2.61. The lowest BCUT2D eigenvalue weighted by molar-refractivity contribution is 0.588. The van der Waals surface area contributed by atoms with Crippen molar-refractivity contribution in [3.63, 3.8) is 0 Å². The van der Waals surface area contributed by atoms with Crippen LogP contribution in [0.4, 0.5) is 34.5 Å². The summed E-state index contributed by atoms with van der Waals surface area (Å²) in [5.74, 6) is 0.734. The Kier molecular flexibility index (Phi) is 5.26. The molecule has 0 saturated heterocycles. The average molecular weight is 403 g/mol. The highest BCUT2D eigenvalue weighted by molar-refractivity contribution is 7.70. The molecule has 1 heterocycles. The number of hydrogen-bond donors (Lipinski definition) is 4. The number of para-hydroxylation sites is 1. The maximum Gasteiger partial charge on any atom is 0.229 e. The molecule has 0 fully saturated rings. The van der Waals surface area contributed by atoms with Gasteiger partial charge in [0.1, 0.15) is 12.2 Å². The number of aromatic nitrogens is 2.